The third kappa shape index (κ3) is 4.15. The third-order valence-corrected chi connectivity index (χ3v) is 4.06. The van der Waals surface area contributed by atoms with E-state index in [-0.39, 0.29) is 5.95 Å². The molecule has 0 atom stereocenters. The third-order valence-electron chi connectivity index (χ3n) is 3.24. The number of benzene rings is 2. The standard InChI is InChI=1S/C17H12Cl2F2N4/c1-9-7-15(23-10-5-6-12(20)13(21)8-10)25-17(22-9)24-14-4-2-3-11(18)16(14)19/h2-8H,1H3,(H2,22,23,24,25). The molecule has 0 saturated heterocycles. The molecule has 3 rings (SSSR count). The number of nitrogens with one attached hydrogen (secondary N) is 2. The zero-order valence-corrected chi connectivity index (χ0v) is 14.5. The summed E-state index contributed by atoms with van der Waals surface area (Å²) in [5.74, 6) is -1.16. The monoisotopic (exact) mass is 380 g/mol. The van der Waals surface area contributed by atoms with E-state index in [9.17, 15) is 8.78 Å². The van der Waals surface area contributed by atoms with Crippen molar-refractivity contribution in [2.24, 2.45) is 0 Å². The minimum absolute atomic E-state index is 0.286. The number of aromatic nitrogens is 2. The fourth-order valence-corrected chi connectivity index (χ4v) is 2.48. The largest absolute Gasteiger partial charge is 0.340 e. The first-order chi connectivity index (χ1) is 11.9. The number of rotatable bonds is 4. The van der Waals surface area contributed by atoms with E-state index in [1.165, 1.54) is 6.07 Å². The van der Waals surface area contributed by atoms with Crippen LogP contribution >= 0.6 is 23.2 Å². The molecular formula is C17H12Cl2F2N4. The Morgan fingerprint density at radius 3 is 2.48 bits per heavy atom. The van der Waals surface area contributed by atoms with Crippen LogP contribution < -0.4 is 10.6 Å². The van der Waals surface area contributed by atoms with Gasteiger partial charge in [0.1, 0.15) is 5.82 Å². The highest BCUT2D eigenvalue weighted by atomic mass is 35.5. The summed E-state index contributed by atoms with van der Waals surface area (Å²) in [6, 6.07) is 10.3. The average Bonchev–Trinajstić information content (AvgIpc) is 2.55. The van der Waals surface area contributed by atoms with Crippen LogP contribution in [0.1, 0.15) is 5.69 Å². The van der Waals surface area contributed by atoms with Crippen LogP contribution in [0.3, 0.4) is 0 Å². The van der Waals surface area contributed by atoms with Gasteiger partial charge in [-0.2, -0.15) is 4.98 Å². The summed E-state index contributed by atoms with van der Waals surface area (Å²) in [6.07, 6.45) is 0. The van der Waals surface area contributed by atoms with E-state index in [1.54, 1.807) is 31.2 Å². The Labute approximate surface area is 152 Å². The molecule has 0 aliphatic carbocycles. The lowest BCUT2D eigenvalue weighted by Crippen LogP contribution is -2.03. The van der Waals surface area contributed by atoms with Crippen LogP contribution in [0.15, 0.2) is 42.5 Å². The van der Waals surface area contributed by atoms with Crippen molar-refractivity contribution in [3.63, 3.8) is 0 Å². The Morgan fingerprint density at radius 2 is 1.72 bits per heavy atom. The molecule has 0 saturated carbocycles. The summed E-state index contributed by atoms with van der Waals surface area (Å²) in [5, 5.41) is 6.65. The molecule has 0 spiro atoms. The molecule has 0 amide bonds. The maximum absolute atomic E-state index is 13.3. The van der Waals surface area contributed by atoms with Gasteiger partial charge in [0.15, 0.2) is 11.6 Å². The lowest BCUT2D eigenvalue weighted by atomic mass is 10.3. The van der Waals surface area contributed by atoms with E-state index < -0.39 is 11.6 Å². The minimum atomic E-state index is -0.945. The number of aryl methyl sites for hydroxylation is 1. The summed E-state index contributed by atoms with van der Waals surface area (Å²) in [7, 11) is 0. The molecule has 0 fully saturated rings. The van der Waals surface area contributed by atoms with Crippen molar-refractivity contribution in [2.75, 3.05) is 10.6 Å². The van der Waals surface area contributed by atoms with Crippen LogP contribution in [-0.4, -0.2) is 9.97 Å². The van der Waals surface area contributed by atoms with E-state index in [2.05, 4.69) is 20.6 Å². The smallest absolute Gasteiger partial charge is 0.229 e. The highest BCUT2D eigenvalue weighted by Gasteiger charge is 2.09. The molecule has 0 unspecified atom stereocenters. The maximum atomic E-state index is 13.3. The lowest BCUT2D eigenvalue weighted by Gasteiger charge is -2.11. The van der Waals surface area contributed by atoms with Crippen molar-refractivity contribution in [1.82, 2.24) is 9.97 Å². The predicted molar refractivity (Wildman–Crippen MR) is 96.2 cm³/mol. The molecule has 3 aromatic rings. The highest BCUT2D eigenvalue weighted by Crippen LogP contribution is 2.31. The van der Waals surface area contributed by atoms with E-state index in [0.29, 0.717) is 32.9 Å². The minimum Gasteiger partial charge on any atom is -0.340 e. The summed E-state index contributed by atoms with van der Waals surface area (Å²) in [4.78, 5) is 8.57. The molecule has 0 radical (unpaired) electrons. The molecule has 25 heavy (non-hydrogen) atoms. The second-order valence-corrected chi connectivity index (χ2v) is 5.98. The quantitative estimate of drug-likeness (QED) is 0.595. The number of nitrogens with zero attached hydrogens (tertiary/aromatic N) is 2. The summed E-state index contributed by atoms with van der Waals surface area (Å²) in [5.41, 5.74) is 1.59. The fraction of sp³-hybridized carbons (Fsp3) is 0.0588. The molecule has 2 N–H and O–H groups in total. The molecule has 0 aliphatic rings. The number of hydrogen-bond donors (Lipinski definition) is 2. The number of anilines is 4. The zero-order chi connectivity index (χ0) is 18.0. The van der Waals surface area contributed by atoms with Gasteiger partial charge in [0.25, 0.3) is 0 Å². The van der Waals surface area contributed by atoms with E-state index in [4.69, 9.17) is 23.2 Å². The molecular weight excluding hydrogens is 369 g/mol. The van der Waals surface area contributed by atoms with Gasteiger partial charge in [-0.15, -0.1) is 0 Å². The van der Waals surface area contributed by atoms with Crippen LogP contribution in [0.5, 0.6) is 0 Å². The topological polar surface area (TPSA) is 49.8 Å². The summed E-state index contributed by atoms with van der Waals surface area (Å²) >= 11 is 12.1. The van der Waals surface area contributed by atoms with Gasteiger partial charge in [0.2, 0.25) is 5.95 Å². The van der Waals surface area contributed by atoms with Crippen molar-refractivity contribution in [3.8, 4) is 0 Å². The Kier molecular flexibility index (Phi) is 5.01. The molecule has 128 valence electrons. The van der Waals surface area contributed by atoms with E-state index >= 15 is 0 Å². The molecule has 4 nitrogen and oxygen atoms in total. The van der Waals surface area contributed by atoms with Crippen molar-refractivity contribution in [1.29, 1.82) is 0 Å². The molecule has 0 aliphatic heterocycles. The first-order valence-corrected chi connectivity index (χ1v) is 7.97. The summed E-state index contributed by atoms with van der Waals surface area (Å²) < 4.78 is 26.3. The van der Waals surface area contributed by atoms with E-state index in [0.717, 1.165) is 12.1 Å². The SMILES string of the molecule is Cc1cc(Nc2ccc(F)c(F)c2)nc(Nc2cccc(Cl)c2Cl)n1. The maximum Gasteiger partial charge on any atom is 0.229 e. The van der Waals surface area contributed by atoms with Crippen LogP contribution in [0.25, 0.3) is 0 Å². The molecule has 2 aromatic carbocycles. The Balaban J connectivity index is 1.87. The normalized spacial score (nSPS) is 10.6. The Bertz CT molecular complexity index is 935. The second-order valence-electron chi connectivity index (χ2n) is 5.20. The van der Waals surface area contributed by atoms with Crippen LogP contribution in [-0.2, 0) is 0 Å². The van der Waals surface area contributed by atoms with Gasteiger partial charge in [-0.25, -0.2) is 13.8 Å². The van der Waals surface area contributed by atoms with Crippen LogP contribution in [0.2, 0.25) is 10.0 Å². The van der Waals surface area contributed by atoms with Gasteiger partial charge in [0.05, 0.1) is 15.7 Å². The molecule has 0 bridgehead atoms. The number of hydrogen-bond acceptors (Lipinski definition) is 4. The van der Waals surface area contributed by atoms with Crippen LogP contribution in [0.4, 0.5) is 31.9 Å². The second kappa shape index (κ2) is 7.21. The van der Waals surface area contributed by atoms with Crippen LogP contribution in [0, 0.1) is 18.6 Å². The van der Waals surface area contributed by atoms with Gasteiger partial charge in [0, 0.05) is 23.5 Å². The first kappa shape index (κ1) is 17.4. The van der Waals surface area contributed by atoms with Gasteiger partial charge in [-0.1, -0.05) is 29.3 Å². The van der Waals surface area contributed by atoms with Gasteiger partial charge >= 0.3 is 0 Å². The lowest BCUT2D eigenvalue weighted by molar-refractivity contribution is 0.509. The number of halogens is 4. The van der Waals surface area contributed by atoms with Gasteiger partial charge in [-0.05, 0) is 31.2 Å². The average molecular weight is 381 g/mol. The molecule has 1 heterocycles. The van der Waals surface area contributed by atoms with Crippen molar-refractivity contribution < 1.29 is 8.78 Å². The Morgan fingerprint density at radius 1 is 0.920 bits per heavy atom. The molecule has 8 heteroatoms. The Hall–Kier alpha value is -2.44. The van der Waals surface area contributed by atoms with Crippen molar-refractivity contribution in [2.45, 2.75) is 6.92 Å². The fourth-order valence-electron chi connectivity index (χ4n) is 2.13. The highest BCUT2D eigenvalue weighted by molar-refractivity contribution is 6.43. The first-order valence-electron chi connectivity index (χ1n) is 7.21. The zero-order valence-electron chi connectivity index (χ0n) is 12.9. The van der Waals surface area contributed by atoms with E-state index in [1.807, 2.05) is 0 Å². The van der Waals surface area contributed by atoms with Gasteiger partial charge < -0.3 is 10.6 Å². The molecule has 1 aromatic heterocycles. The summed E-state index contributed by atoms with van der Waals surface area (Å²) in [6.45, 7) is 1.78. The van der Waals surface area contributed by atoms with Crippen molar-refractivity contribution >= 4 is 46.3 Å². The van der Waals surface area contributed by atoms with Gasteiger partial charge in [-0.3, -0.25) is 0 Å². The predicted octanol–water partition coefficient (Wildman–Crippen LogP) is 5.86. The van der Waals surface area contributed by atoms with Crippen molar-refractivity contribution in [3.05, 3.63) is 69.8 Å².